The number of benzene rings is 1. The maximum atomic E-state index is 10.9. The molecule has 0 aliphatic carbocycles. The first-order valence-electron chi connectivity index (χ1n) is 4.34. The number of carboxylic acid groups (broad SMARTS) is 2. The number of para-hydroxylation sites is 1. The van der Waals surface area contributed by atoms with E-state index >= 15 is 0 Å². The van der Waals surface area contributed by atoms with Gasteiger partial charge in [-0.05, 0) is 35.0 Å². The minimum Gasteiger partial charge on any atom is -0.479 e. The lowest BCUT2D eigenvalue weighted by atomic mass is 10.2. The standard InChI is InChI=1S/C10H9BrO5/c1-5(9(12)13)16-8-6(10(14)15)3-2-4-7(8)11/h2-5H,1H3,(H,12,13)(H,14,15). The van der Waals surface area contributed by atoms with Gasteiger partial charge in [-0.2, -0.15) is 0 Å². The molecule has 86 valence electrons. The SMILES string of the molecule is CC(Oc1c(Br)cccc1C(=O)O)C(=O)O. The van der Waals surface area contributed by atoms with Gasteiger partial charge in [-0.25, -0.2) is 9.59 Å². The lowest BCUT2D eigenvalue weighted by molar-refractivity contribution is -0.144. The zero-order valence-electron chi connectivity index (χ0n) is 8.31. The van der Waals surface area contributed by atoms with Crippen molar-refractivity contribution in [2.75, 3.05) is 0 Å². The van der Waals surface area contributed by atoms with Crippen LogP contribution in [-0.4, -0.2) is 28.3 Å². The number of halogens is 1. The third-order valence-electron chi connectivity index (χ3n) is 1.84. The number of ether oxygens (including phenoxy) is 1. The second-order valence-electron chi connectivity index (χ2n) is 3.02. The lowest BCUT2D eigenvalue weighted by Gasteiger charge is -2.13. The number of aliphatic carboxylic acids is 1. The number of carbonyl (C=O) groups is 2. The minimum absolute atomic E-state index is 0.0184. The molecule has 1 aromatic carbocycles. The van der Waals surface area contributed by atoms with Crippen LogP contribution in [0.4, 0.5) is 0 Å². The summed E-state index contributed by atoms with van der Waals surface area (Å²) in [7, 11) is 0. The maximum Gasteiger partial charge on any atom is 0.344 e. The number of aromatic carboxylic acids is 1. The van der Waals surface area contributed by atoms with Crippen molar-refractivity contribution in [1.82, 2.24) is 0 Å². The molecule has 0 aliphatic rings. The quantitative estimate of drug-likeness (QED) is 0.885. The summed E-state index contributed by atoms with van der Waals surface area (Å²) in [5.41, 5.74) is -0.0810. The molecule has 0 fully saturated rings. The van der Waals surface area contributed by atoms with E-state index in [2.05, 4.69) is 15.9 Å². The van der Waals surface area contributed by atoms with Crippen molar-refractivity contribution in [2.45, 2.75) is 13.0 Å². The summed E-state index contributed by atoms with van der Waals surface area (Å²) in [6, 6.07) is 4.46. The summed E-state index contributed by atoms with van der Waals surface area (Å²) < 4.78 is 5.47. The van der Waals surface area contributed by atoms with Gasteiger partial charge in [0.1, 0.15) is 11.3 Å². The summed E-state index contributed by atoms with van der Waals surface area (Å²) in [5, 5.41) is 17.6. The molecule has 0 radical (unpaired) electrons. The fourth-order valence-corrected chi connectivity index (χ4v) is 1.48. The van der Waals surface area contributed by atoms with E-state index in [4.69, 9.17) is 14.9 Å². The van der Waals surface area contributed by atoms with Crippen LogP contribution in [0, 0.1) is 0 Å². The lowest BCUT2D eigenvalue weighted by Crippen LogP contribution is -2.24. The van der Waals surface area contributed by atoms with Gasteiger partial charge in [0.05, 0.1) is 4.47 Å². The van der Waals surface area contributed by atoms with Crippen LogP contribution in [-0.2, 0) is 4.79 Å². The molecule has 0 heterocycles. The van der Waals surface area contributed by atoms with Crippen LogP contribution in [0.3, 0.4) is 0 Å². The zero-order valence-corrected chi connectivity index (χ0v) is 9.89. The predicted octanol–water partition coefficient (Wildman–Crippen LogP) is 2.00. The molecule has 1 unspecified atom stereocenters. The van der Waals surface area contributed by atoms with E-state index in [1.54, 1.807) is 6.07 Å². The molecule has 1 rings (SSSR count). The smallest absolute Gasteiger partial charge is 0.344 e. The van der Waals surface area contributed by atoms with E-state index < -0.39 is 18.0 Å². The molecule has 5 nitrogen and oxygen atoms in total. The molecular formula is C10H9BrO5. The van der Waals surface area contributed by atoms with E-state index in [0.717, 1.165) is 0 Å². The van der Waals surface area contributed by atoms with Gasteiger partial charge in [-0.1, -0.05) is 6.07 Å². The van der Waals surface area contributed by atoms with Gasteiger partial charge >= 0.3 is 11.9 Å². The van der Waals surface area contributed by atoms with Crippen molar-refractivity contribution in [1.29, 1.82) is 0 Å². The van der Waals surface area contributed by atoms with E-state index in [-0.39, 0.29) is 11.3 Å². The molecule has 0 saturated heterocycles. The average Bonchev–Trinajstić information content (AvgIpc) is 2.20. The normalized spacial score (nSPS) is 11.9. The maximum absolute atomic E-state index is 10.9. The van der Waals surface area contributed by atoms with E-state index in [1.807, 2.05) is 0 Å². The third-order valence-corrected chi connectivity index (χ3v) is 2.46. The summed E-state index contributed by atoms with van der Waals surface area (Å²) in [6.45, 7) is 1.33. The summed E-state index contributed by atoms with van der Waals surface area (Å²) in [6.07, 6.45) is -1.11. The fraction of sp³-hybridized carbons (Fsp3) is 0.200. The summed E-state index contributed by atoms with van der Waals surface area (Å²) >= 11 is 3.11. The predicted molar refractivity (Wildman–Crippen MR) is 58.8 cm³/mol. The fourth-order valence-electron chi connectivity index (χ4n) is 1.02. The van der Waals surface area contributed by atoms with Gasteiger partial charge < -0.3 is 14.9 Å². The number of hydrogen-bond acceptors (Lipinski definition) is 3. The Morgan fingerprint density at radius 1 is 1.38 bits per heavy atom. The molecule has 0 saturated carbocycles. The Labute approximate surface area is 99.8 Å². The molecule has 0 bridgehead atoms. The monoisotopic (exact) mass is 288 g/mol. The number of rotatable bonds is 4. The molecule has 0 amide bonds. The molecular weight excluding hydrogens is 280 g/mol. The van der Waals surface area contributed by atoms with Crippen LogP contribution in [0.1, 0.15) is 17.3 Å². The second kappa shape index (κ2) is 4.98. The molecule has 2 N–H and O–H groups in total. The highest BCUT2D eigenvalue weighted by Crippen LogP contribution is 2.29. The second-order valence-corrected chi connectivity index (χ2v) is 3.87. The van der Waals surface area contributed by atoms with Crippen molar-refractivity contribution in [2.24, 2.45) is 0 Å². The Kier molecular flexibility index (Phi) is 3.89. The topological polar surface area (TPSA) is 83.8 Å². The van der Waals surface area contributed by atoms with Gasteiger partial charge in [0.15, 0.2) is 6.10 Å². The van der Waals surface area contributed by atoms with Crippen LogP contribution in [0.15, 0.2) is 22.7 Å². The van der Waals surface area contributed by atoms with Crippen molar-refractivity contribution >= 4 is 27.9 Å². The highest BCUT2D eigenvalue weighted by atomic mass is 79.9. The Morgan fingerprint density at radius 2 is 2.00 bits per heavy atom. The van der Waals surface area contributed by atoms with E-state index in [9.17, 15) is 9.59 Å². The average molecular weight is 289 g/mol. The molecule has 0 spiro atoms. The van der Waals surface area contributed by atoms with Crippen LogP contribution in [0.5, 0.6) is 5.75 Å². The molecule has 6 heteroatoms. The first-order valence-corrected chi connectivity index (χ1v) is 5.14. The number of hydrogen-bond donors (Lipinski definition) is 2. The molecule has 1 aromatic rings. The summed E-state index contributed by atoms with van der Waals surface area (Å²) in [5.74, 6) is -2.31. The first kappa shape index (κ1) is 12.5. The first-order chi connectivity index (χ1) is 7.43. The Hall–Kier alpha value is -1.56. The minimum atomic E-state index is -1.17. The van der Waals surface area contributed by atoms with Gasteiger partial charge in [-0.3, -0.25) is 0 Å². The van der Waals surface area contributed by atoms with E-state index in [1.165, 1.54) is 19.1 Å². The highest BCUT2D eigenvalue weighted by Gasteiger charge is 2.19. The van der Waals surface area contributed by atoms with Gasteiger partial charge in [0.25, 0.3) is 0 Å². The molecule has 0 aliphatic heterocycles. The van der Waals surface area contributed by atoms with Gasteiger partial charge in [0, 0.05) is 0 Å². The van der Waals surface area contributed by atoms with E-state index in [0.29, 0.717) is 4.47 Å². The highest BCUT2D eigenvalue weighted by molar-refractivity contribution is 9.10. The third kappa shape index (κ3) is 2.73. The van der Waals surface area contributed by atoms with Crippen LogP contribution in [0.25, 0.3) is 0 Å². The van der Waals surface area contributed by atoms with Crippen molar-refractivity contribution in [3.05, 3.63) is 28.2 Å². The largest absolute Gasteiger partial charge is 0.479 e. The Balaban J connectivity index is 3.11. The van der Waals surface area contributed by atoms with Crippen molar-refractivity contribution in [3.63, 3.8) is 0 Å². The summed E-state index contributed by atoms with van der Waals surface area (Å²) in [4.78, 5) is 21.5. The van der Waals surface area contributed by atoms with Crippen LogP contribution >= 0.6 is 15.9 Å². The van der Waals surface area contributed by atoms with Gasteiger partial charge in [0.2, 0.25) is 0 Å². The van der Waals surface area contributed by atoms with Crippen LogP contribution in [0.2, 0.25) is 0 Å². The van der Waals surface area contributed by atoms with Gasteiger partial charge in [-0.15, -0.1) is 0 Å². The molecule has 1 atom stereocenters. The molecule has 0 aromatic heterocycles. The van der Waals surface area contributed by atoms with Crippen molar-refractivity contribution < 1.29 is 24.5 Å². The zero-order chi connectivity index (χ0) is 12.3. The van der Waals surface area contributed by atoms with Crippen LogP contribution < -0.4 is 4.74 Å². The van der Waals surface area contributed by atoms with Crippen molar-refractivity contribution in [3.8, 4) is 5.75 Å². The Morgan fingerprint density at radius 3 is 2.50 bits per heavy atom. The Bertz CT molecular complexity index is 429. The number of carboxylic acids is 2. The molecule has 16 heavy (non-hydrogen) atoms.